The third-order valence-corrected chi connectivity index (χ3v) is 8.74. The average molecular weight is 749 g/mol. The van der Waals surface area contributed by atoms with Crippen molar-refractivity contribution in [3.63, 3.8) is 0 Å². The smallest absolute Gasteiger partial charge is 0.322 e. The second kappa shape index (κ2) is 18.2. The second-order valence-electron chi connectivity index (χ2n) is 12.5. The molecular formula is C35H40N8O11. The Morgan fingerprint density at radius 3 is 2.09 bits per heavy atom. The number of carboxylic acids is 2. The maximum absolute atomic E-state index is 13.4. The van der Waals surface area contributed by atoms with Crippen LogP contribution in [0.25, 0.3) is 11.1 Å². The monoisotopic (exact) mass is 748 g/mol. The molecule has 19 heteroatoms. The molecule has 0 saturated carbocycles. The zero-order valence-corrected chi connectivity index (χ0v) is 29.0. The van der Waals surface area contributed by atoms with Crippen molar-refractivity contribution in [2.24, 2.45) is 16.5 Å². The fourth-order valence-electron chi connectivity index (χ4n) is 6.10. The van der Waals surface area contributed by atoms with Crippen LogP contribution in [0.5, 0.6) is 0 Å². The number of hydrogen-bond donors (Lipinski definition) is 8. The van der Waals surface area contributed by atoms with E-state index >= 15 is 0 Å². The van der Waals surface area contributed by atoms with Crippen LogP contribution in [0, 0.1) is 0 Å². The number of rotatable bonds is 17. The number of carboxylic acid groups (broad SMARTS) is 2. The molecule has 0 spiro atoms. The van der Waals surface area contributed by atoms with Crippen molar-refractivity contribution in [3.05, 3.63) is 59.2 Å². The summed E-state index contributed by atoms with van der Waals surface area (Å²) < 4.78 is 0. The van der Waals surface area contributed by atoms with E-state index in [2.05, 4.69) is 26.3 Å². The van der Waals surface area contributed by atoms with E-state index in [4.69, 9.17) is 21.7 Å². The number of carbonyl (C=O) groups is 9. The molecule has 3 atom stereocenters. The maximum atomic E-state index is 13.4. The summed E-state index contributed by atoms with van der Waals surface area (Å²) in [6.45, 7) is -1.10. The van der Waals surface area contributed by atoms with Crippen LogP contribution >= 0.6 is 0 Å². The molecule has 1 aliphatic heterocycles. The van der Waals surface area contributed by atoms with E-state index in [-0.39, 0.29) is 61.4 Å². The first-order valence-corrected chi connectivity index (χ1v) is 17.0. The van der Waals surface area contributed by atoms with Gasteiger partial charge >= 0.3 is 11.9 Å². The molecule has 10 N–H and O–H groups in total. The van der Waals surface area contributed by atoms with Gasteiger partial charge in [0.25, 0.3) is 5.91 Å². The molecule has 4 rings (SSSR count). The van der Waals surface area contributed by atoms with Gasteiger partial charge < -0.3 is 47.8 Å². The van der Waals surface area contributed by atoms with Crippen molar-refractivity contribution in [1.29, 1.82) is 0 Å². The first kappa shape index (κ1) is 40.1. The van der Waals surface area contributed by atoms with Gasteiger partial charge in [-0.3, -0.25) is 48.1 Å². The van der Waals surface area contributed by atoms with Crippen molar-refractivity contribution in [3.8, 4) is 11.1 Å². The summed E-state index contributed by atoms with van der Waals surface area (Å²) in [5.74, 6) is -8.13. The lowest BCUT2D eigenvalue weighted by molar-refractivity contribution is -0.141. The van der Waals surface area contributed by atoms with E-state index in [1.807, 2.05) is 0 Å². The Hall–Kier alpha value is -6.66. The summed E-state index contributed by atoms with van der Waals surface area (Å²) in [7, 11) is 0. The highest BCUT2D eigenvalue weighted by Crippen LogP contribution is 2.34. The number of likely N-dealkylation sites (tertiary alicyclic amines) is 1. The number of hydrogen-bond acceptors (Lipinski definition) is 10. The Bertz CT molecular complexity index is 1890. The molecule has 0 unspecified atom stereocenters. The molecule has 286 valence electrons. The number of benzene rings is 2. The van der Waals surface area contributed by atoms with E-state index < -0.39 is 90.7 Å². The number of guanidine groups is 1. The summed E-state index contributed by atoms with van der Waals surface area (Å²) in [5, 5.41) is 27.5. The van der Waals surface area contributed by atoms with E-state index in [0.29, 0.717) is 17.5 Å². The number of nitrogens with zero attached hydrogens (tertiary/aromatic N) is 2. The van der Waals surface area contributed by atoms with Crippen LogP contribution in [0.4, 0.5) is 0 Å². The Morgan fingerprint density at radius 1 is 0.796 bits per heavy atom. The molecule has 2 aliphatic rings. The standard InChI is InChI=1S/C35H40N8O11/c36-35(37)38-13-3-7-23(41-31(51)18-9-10-20-19-5-1-2-6-21(19)29(49)30(50)22(20)15-18)32(52)39-16-26(44)43-14-4-8-25(43)34(54)42-24(11-12-27(45)46)33(53)40-17-28(47)48/h1-2,5-6,9-10,15,23-25H,3-4,7-8,11-14,16-17H2,(H,39,52)(H,40,53)(H,41,51)(H,42,54)(H,45,46)(H,47,48)(H4,36,37,38)/t23-,24-,25-/m0/s1. The summed E-state index contributed by atoms with van der Waals surface area (Å²) in [6, 6.07) is 7.18. The normalized spacial score (nSPS) is 15.5. The number of ketones is 2. The molecule has 5 amide bonds. The van der Waals surface area contributed by atoms with Crippen LogP contribution in [0.1, 0.15) is 69.6 Å². The topological polar surface area (TPSA) is 310 Å². The number of aliphatic imine (C=N–C) groups is 1. The van der Waals surface area contributed by atoms with E-state index in [1.165, 1.54) is 17.0 Å². The highest BCUT2D eigenvalue weighted by molar-refractivity contribution is 6.53. The molecule has 0 bridgehead atoms. The van der Waals surface area contributed by atoms with Gasteiger partial charge in [-0.15, -0.1) is 0 Å². The quantitative estimate of drug-likeness (QED) is 0.0398. The molecule has 2 aromatic carbocycles. The van der Waals surface area contributed by atoms with Gasteiger partial charge in [0.2, 0.25) is 35.2 Å². The SMILES string of the molecule is NC(N)=NCCC[C@H](NC(=O)c1ccc2c(c1)C(=O)C(=O)c1ccccc1-2)C(=O)NCC(=O)N1CCC[C@H]1C(=O)N[C@@H](CCC(=O)O)C(=O)NCC(=O)O. The third kappa shape index (κ3) is 10.2. The highest BCUT2D eigenvalue weighted by atomic mass is 16.4. The molecule has 0 aromatic heterocycles. The van der Waals surface area contributed by atoms with E-state index in [1.54, 1.807) is 30.3 Å². The second-order valence-corrected chi connectivity index (χ2v) is 12.5. The Balaban J connectivity index is 1.43. The first-order chi connectivity index (χ1) is 25.7. The van der Waals surface area contributed by atoms with E-state index in [9.17, 15) is 43.2 Å². The largest absolute Gasteiger partial charge is 0.481 e. The van der Waals surface area contributed by atoms with Crippen LogP contribution < -0.4 is 32.7 Å². The van der Waals surface area contributed by atoms with Crippen LogP contribution in [0.2, 0.25) is 0 Å². The average Bonchev–Trinajstić information content (AvgIpc) is 3.64. The van der Waals surface area contributed by atoms with Crippen LogP contribution in [-0.2, 0) is 28.8 Å². The highest BCUT2D eigenvalue weighted by Gasteiger charge is 2.37. The lowest BCUT2D eigenvalue weighted by Gasteiger charge is -2.27. The Labute approximate surface area is 307 Å². The molecular weight excluding hydrogens is 708 g/mol. The van der Waals surface area contributed by atoms with Gasteiger partial charge in [-0.05, 0) is 55.4 Å². The summed E-state index contributed by atoms with van der Waals surface area (Å²) >= 11 is 0. The van der Waals surface area contributed by atoms with Crippen molar-refractivity contribution in [2.75, 3.05) is 26.2 Å². The first-order valence-electron chi connectivity index (χ1n) is 17.0. The molecule has 54 heavy (non-hydrogen) atoms. The number of carbonyl (C=O) groups excluding carboxylic acids is 7. The zero-order chi connectivity index (χ0) is 39.5. The Morgan fingerprint density at radius 2 is 1.43 bits per heavy atom. The van der Waals surface area contributed by atoms with E-state index in [0.717, 1.165) is 0 Å². The molecule has 2 aromatic rings. The molecule has 0 radical (unpaired) electrons. The van der Waals surface area contributed by atoms with Crippen LogP contribution in [0.3, 0.4) is 0 Å². The van der Waals surface area contributed by atoms with Gasteiger partial charge in [-0.2, -0.15) is 0 Å². The van der Waals surface area contributed by atoms with Gasteiger partial charge in [-0.1, -0.05) is 30.3 Å². The molecule has 19 nitrogen and oxygen atoms in total. The number of aliphatic carboxylic acids is 2. The Kier molecular flexibility index (Phi) is 13.5. The molecule has 1 heterocycles. The van der Waals surface area contributed by atoms with Crippen molar-refractivity contribution in [2.45, 2.75) is 56.7 Å². The van der Waals surface area contributed by atoms with Gasteiger partial charge in [0.15, 0.2) is 5.96 Å². The molecule has 1 aliphatic carbocycles. The number of nitrogens with one attached hydrogen (secondary N) is 4. The minimum atomic E-state index is -1.39. The van der Waals surface area contributed by atoms with Gasteiger partial charge in [0, 0.05) is 36.2 Å². The number of Topliss-reactive ketones (excluding diaryl/α,β-unsaturated/α-hetero) is 2. The fraction of sp³-hybridized carbons (Fsp3) is 0.371. The minimum absolute atomic E-state index is 0.00315. The summed E-state index contributed by atoms with van der Waals surface area (Å²) in [6.07, 6.45) is -0.00444. The van der Waals surface area contributed by atoms with Gasteiger partial charge in [0.1, 0.15) is 24.7 Å². The zero-order valence-electron chi connectivity index (χ0n) is 29.0. The lowest BCUT2D eigenvalue weighted by atomic mass is 9.83. The number of fused-ring (bicyclic) bond motifs is 3. The summed E-state index contributed by atoms with van der Waals surface area (Å²) in [5.41, 5.74) is 12.1. The lowest BCUT2D eigenvalue weighted by Crippen LogP contribution is -2.55. The molecule has 1 saturated heterocycles. The number of amides is 5. The number of nitrogens with two attached hydrogens (primary N) is 2. The third-order valence-electron chi connectivity index (χ3n) is 8.74. The maximum Gasteiger partial charge on any atom is 0.322 e. The predicted molar refractivity (Wildman–Crippen MR) is 189 cm³/mol. The van der Waals surface area contributed by atoms with Crippen LogP contribution in [-0.4, -0.2) is 118 Å². The molecule has 1 fully saturated rings. The van der Waals surface area contributed by atoms with Crippen molar-refractivity contribution >= 4 is 59.0 Å². The van der Waals surface area contributed by atoms with Crippen LogP contribution in [0.15, 0.2) is 47.5 Å². The van der Waals surface area contributed by atoms with Gasteiger partial charge in [-0.25, -0.2) is 0 Å². The summed E-state index contributed by atoms with van der Waals surface area (Å²) in [4.78, 5) is 118. The van der Waals surface area contributed by atoms with Crippen molar-refractivity contribution in [1.82, 2.24) is 26.2 Å². The van der Waals surface area contributed by atoms with Gasteiger partial charge in [0.05, 0.1) is 6.54 Å². The van der Waals surface area contributed by atoms with Crippen molar-refractivity contribution < 1.29 is 53.4 Å². The fourth-order valence-corrected chi connectivity index (χ4v) is 6.10. The predicted octanol–water partition coefficient (Wildman–Crippen LogP) is -1.46. The minimum Gasteiger partial charge on any atom is -0.481 e.